The van der Waals surface area contributed by atoms with Crippen LogP contribution in [0.3, 0.4) is 0 Å². The smallest absolute Gasteiger partial charge is 0.414 e. The molecule has 0 amide bonds. The summed E-state index contributed by atoms with van der Waals surface area (Å²) in [5.41, 5.74) is 2.29. The second-order valence-corrected chi connectivity index (χ2v) is 13.4. The van der Waals surface area contributed by atoms with Crippen molar-refractivity contribution in [1.82, 2.24) is 9.88 Å². The van der Waals surface area contributed by atoms with Crippen LogP contribution in [0.2, 0.25) is 5.02 Å². The number of thiophene rings is 1. The second-order valence-electron chi connectivity index (χ2n) is 9.71. The summed E-state index contributed by atoms with van der Waals surface area (Å²) in [5.74, 6) is -2.83. The van der Waals surface area contributed by atoms with Gasteiger partial charge in [-0.2, -0.15) is 0 Å². The Morgan fingerprint density at radius 3 is 2.36 bits per heavy atom. The number of halogens is 1. The predicted molar refractivity (Wildman–Crippen MR) is 175 cm³/mol. The van der Waals surface area contributed by atoms with Crippen molar-refractivity contribution in [3.63, 3.8) is 0 Å². The molecule has 0 aliphatic carbocycles. The van der Waals surface area contributed by atoms with Crippen LogP contribution in [0.5, 0.6) is 5.75 Å². The number of hydrogen-bond donors (Lipinski definition) is 2. The van der Waals surface area contributed by atoms with E-state index in [9.17, 15) is 4.79 Å². The Morgan fingerprint density at radius 2 is 1.70 bits per heavy atom. The second kappa shape index (κ2) is 14.8. The fourth-order valence-electron chi connectivity index (χ4n) is 4.70. The number of carbonyl (C=O) groups is 3. The van der Waals surface area contributed by atoms with Crippen LogP contribution in [0, 0.1) is 0 Å². The van der Waals surface area contributed by atoms with E-state index in [-0.39, 0.29) is 5.78 Å². The zero-order valence-electron chi connectivity index (χ0n) is 23.3. The van der Waals surface area contributed by atoms with Gasteiger partial charge < -0.3 is 14.9 Å². The fraction of sp³-hybridized carbons (Fsp3) is 0.188. The number of thiazole rings is 1. The van der Waals surface area contributed by atoms with Gasteiger partial charge in [0.2, 0.25) is 0 Å². The molecule has 44 heavy (non-hydrogen) atoms. The Bertz CT molecular complexity index is 1750. The summed E-state index contributed by atoms with van der Waals surface area (Å²) in [6.45, 7) is 3.98. The number of benzene rings is 3. The molecular weight excluding hydrogens is 640 g/mol. The number of nitrogens with zero attached hydrogens (tertiary/aromatic N) is 2. The highest BCUT2D eigenvalue weighted by Gasteiger charge is 2.22. The number of aromatic nitrogens is 1. The van der Waals surface area contributed by atoms with Gasteiger partial charge in [-0.15, -0.1) is 22.7 Å². The van der Waals surface area contributed by atoms with E-state index < -0.39 is 11.9 Å². The van der Waals surface area contributed by atoms with Crippen molar-refractivity contribution in [3.05, 3.63) is 94.5 Å². The number of carbonyl (C=O) groups excluding carboxylic acids is 1. The summed E-state index contributed by atoms with van der Waals surface area (Å²) >= 11 is 11.3. The Morgan fingerprint density at radius 1 is 0.977 bits per heavy atom. The van der Waals surface area contributed by atoms with E-state index in [1.54, 1.807) is 34.9 Å². The number of likely N-dealkylation sites (tertiary alicyclic amines) is 1. The van der Waals surface area contributed by atoms with Crippen molar-refractivity contribution >= 4 is 73.8 Å². The molecule has 8 nitrogen and oxygen atoms in total. The van der Waals surface area contributed by atoms with Gasteiger partial charge in [0.15, 0.2) is 10.1 Å². The zero-order valence-corrected chi connectivity index (χ0v) is 26.5. The largest absolute Gasteiger partial charge is 0.492 e. The van der Waals surface area contributed by atoms with Gasteiger partial charge in [-0.25, -0.2) is 14.6 Å². The first kappa shape index (κ1) is 31.7. The molecule has 5 aromatic rings. The normalized spacial score (nSPS) is 12.9. The predicted octanol–water partition coefficient (Wildman–Crippen LogP) is 7.69. The molecule has 0 radical (unpaired) electrons. The summed E-state index contributed by atoms with van der Waals surface area (Å²) < 4.78 is 8.00. The maximum atomic E-state index is 13.9. The van der Waals surface area contributed by atoms with E-state index in [4.69, 9.17) is 36.1 Å². The Labute approximate surface area is 270 Å². The summed E-state index contributed by atoms with van der Waals surface area (Å²) in [6, 6.07) is 21.7. The van der Waals surface area contributed by atoms with Gasteiger partial charge in [-0.3, -0.25) is 9.69 Å². The highest BCUT2D eigenvalue weighted by Crippen LogP contribution is 2.41. The first-order valence-electron chi connectivity index (χ1n) is 13.6. The maximum absolute atomic E-state index is 13.9. The van der Waals surface area contributed by atoms with Gasteiger partial charge in [-0.05, 0) is 80.0 Å². The average Bonchev–Trinajstić information content (AvgIpc) is 3.80. The first-order valence-corrected chi connectivity index (χ1v) is 16.5. The van der Waals surface area contributed by atoms with Gasteiger partial charge in [-0.1, -0.05) is 41.6 Å². The molecule has 2 N–H and O–H groups in total. The van der Waals surface area contributed by atoms with Gasteiger partial charge in [0, 0.05) is 49.1 Å². The minimum absolute atomic E-state index is 0.0314. The minimum atomic E-state index is -1.82. The van der Waals surface area contributed by atoms with Crippen LogP contribution >= 0.6 is 46.0 Å². The molecule has 1 fully saturated rings. The van der Waals surface area contributed by atoms with Crippen LogP contribution in [0.15, 0.2) is 87.5 Å². The van der Waals surface area contributed by atoms with Crippen molar-refractivity contribution in [2.45, 2.75) is 22.1 Å². The van der Waals surface area contributed by atoms with Crippen molar-refractivity contribution in [1.29, 1.82) is 0 Å². The number of ether oxygens (including phenoxy) is 1. The topological polar surface area (TPSA) is 117 Å². The molecule has 1 aliphatic rings. The molecule has 12 heteroatoms. The average molecular weight is 667 g/mol. The van der Waals surface area contributed by atoms with E-state index in [0.29, 0.717) is 22.8 Å². The molecule has 3 aromatic carbocycles. The van der Waals surface area contributed by atoms with Crippen molar-refractivity contribution in [2.75, 3.05) is 26.2 Å². The molecule has 0 atom stereocenters. The van der Waals surface area contributed by atoms with Crippen molar-refractivity contribution in [3.8, 4) is 16.2 Å². The number of carboxylic acids is 2. The lowest BCUT2D eigenvalue weighted by atomic mass is 9.97. The number of hydrogen-bond acceptors (Lipinski definition) is 9. The standard InChI is InChI=1S/C30H25ClN2O2S3.C2H2O4/c31-24-19-21(9-12-26(24)38-30-32-13-18-36-30)28(34)27-23-5-1-2-6-25(23)37-29(27)20-7-10-22(11-8-20)35-17-16-33-14-3-4-15-33;3-1(4)2(5)6/h1-2,5-13,18-19H,3-4,14-17H2;(H,3,4)(H,5,6). The lowest BCUT2D eigenvalue weighted by molar-refractivity contribution is -0.159. The molecule has 6 rings (SSSR count). The third kappa shape index (κ3) is 7.85. The molecule has 0 bridgehead atoms. The minimum Gasteiger partial charge on any atom is -0.492 e. The molecular formula is C32H27ClN2O6S3. The van der Waals surface area contributed by atoms with E-state index in [0.717, 1.165) is 42.1 Å². The van der Waals surface area contributed by atoms with Crippen LogP contribution in [-0.2, 0) is 9.59 Å². The Kier molecular flexibility index (Phi) is 10.7. The molecule has 1 saturated heterocycles. The van der Waals surface area contributed by atoms with Crippen LogP contribution < -0.4 is 4.74 Å². The third-order valence-corrected chi connectivity index (χ3v) is 10.4. The van der Waals surface area contributed by atoms with E-state index >= 15 is 0 Å². The van der Waals surface area contributed by atoms with Gasteiger partial charge >= 0.3 is 11.9 Å². The maximum Gasteiger partial charge on any atom is 0.414 e. The van der Waals surface area contributed by atoms with Crippen LogP contribution in [-0.4, -0.2) is 64.1 Å². The monoisotopic (exact) mass is 666 g/mol. The molecule has 0 spiro atoms. The number of fused-ring (bicyclic) bond motifs is 1. The van der Waals surface area contributed by atoms with Gasteiger partial charge in [0.05, 0.1) is 5.02 Å². The Hall–Kier alpha value is -3.74. The van der Waals surface area contributed by atoms with Gasteiger partial charge in [0.25, 0.3) is 0 Å². The SMILES string of the molecule is O=C(O)C(=O)O.O=C(c1ccc(Sc2nccs2)c(Cl)c1)c1c(-c2ccc(OCCN3CCCC3)cc2)sc2ccccc12. The summed E-state index contributed by atoms with van der Waals surface area (Å²) in [5, 5.41) is 18.2. The molecule has 2 aromatic heterocycles. The molecule has 3 heterocycles. The summed E-state index contributed by atoms with van der Waals surface area (Å²) in [6.07, 6.45) is 4.34. The number of rotatable bonds is 9. The highest BCUT2D eigenvalue weighted by molar-refractivity contribution is 8.01. The van der Waals surface area contributed by atoms with Gasteiger partial charge in [0.1, 0.15) is 12.4 Å². The lowest BCUT2D eigenvalue weighted by Crippen LogP contribution is -2.25. The van der Waals surface area contributed by atoms with Crippen molar-refractivity contribution < 1.29 is 29.3 Å². The number of aliphatic carboxylic acids is 2. The summed E-state index contributed by atoms with van der Waals surface area (Å²) in [7, 11) is 0. The molecule has 0 unspecified atom stereocenters. The van der Waals surface area contributed by atoms with E-state index in [2.05, 4.69) is 16.0 Å². The Balaban J connectivity index is 0.000000584. The summed E-state index contributed by atoms with van der Waals surface area (Å²) in [4.78, 5) is 40.7. The zero-order chi connectivity index (χ0) is 31.1. The molecule has 0 saturated carbocycles. The van der Waals surface area contributed by atoms with E-state index in [1.807, 2.05) is 60.0 Å². The van der Waals surface area contributed by atoms with E-state index in [1.165, 1.54) is 37.7 Å². The van der Waals surface area contributed by atoms with Crippen LogP contribution in [0.1, 0.15) is 28.8 Å². The first-order chi connectivity index (χ1) is 21.3. The third-order valence-electron chi connectivity index (χ3n) is 6.80. The lowest BCUT2D eigenvalue weighted by Gasteiger charge is -2.15. The number of carboxylic acid groups (broad SMARTS) is 2. The number of ketones is 1. The molecule has 1 aliphatic heterocycles. The van der Waals surface area contributed by atoms with Crippen LogP contribution in [0.4, 0.5) is 0 Å². The highest BCUT2D eigenvalue weighted by atomic mass is 35.5. The fourth-order valence-corrected chi connectivity index (χ4v) is 7.78. The quantitative estimate of drug-likeness (QED) is 0.121. The molecule has 226 valence electrons. The van der Waals surface area contributed by atoms with Crippen molar-refractivity contribution in [2.24, 2.45) is 0 Å². The van der Waals surface area contributed by atoms with Crippen LogP contribution in [0.25, 0.3) is 20.5 Å².